The summed E-state index contributed by atoms with van der Waals surface area (Å²) >= 11 is 0. The number of aliphatic carboxylic acids is 1. The molecule has 5 nitrogen and oxygen atoms in total. The fraction of sp³-hybridized carbons (Fsp3) is 0.333. The molecule has 1 aromatic rings. The summed E-state index contributed by atoms with van der Waals surface area (Å²) in [7, 11) is 0. The highest BCUT2D eigenvalue weighted by atomic mass is 16.4. The van der Waals surface area contributed by atoms with Crippen molar-refractivity contribution in [2.75, 3.05) is 0 Å². The van der Waals surface area contributed by atoms with Gasteiger partial charge < -0.3 is 15.0 Å². The van der Waals surface area contributed by atoms with E-state index in [-0.39, 0.29) is 11.6 Å². The minimum absolute atomic E-state index is 0.0550. The van der Waals surface area contributed by atoms with Gasteiger partial charge in [-0.05, 0) is 25.5 Å². The topological polar surface area (TPSA) is 71.3 Å². The van der Waals surface area contributed by atoms with Crippen LogP contribution in [0.15, 0.2) is 30.2 Å². The maximum Gasteiger partial charge on any atom is 0.354 e. The maximum absolute atomic E-state index is 11.4. The van der Waals surface area contributed by atoms with Crippen LogP contribution in [0, 0.1) is 0 Å². The molecule has 1 amide bonds. The van der Waals surface area contributed by atoms with Crippen LogP contribution in [0.2, 0.25) is 0 Å². The van der Waals surface area contributed by atoms with E-state index in [4.69, 9.17) is 5.11 Å². The molecule has 0 aromatic carbocycles. The summed E-state index contributed by atoms with van der Waals surface area (Å²) in [6.07, 6.45) is 4.36. The van der Waals surface area contributed by atoms with Gasteiger partial charge in [-0.1, -0.05) is 6.92 Å². The van der Waals surface area contributed by atoms with E-state index in [9.17, 15) is 9.59 Å². The highest BCUT2D eigenvalue weighted by Gasteiger charge is 2.14. The van der Waals surface area contributed by atoms with Crippen molar-refractivity contribution in [2.24, 2.45) is 0 Å². The second-order valence-electron chi connectivity index (χ2n) is 3.67. The van der Waals surface area contributed by atoms with E-state index in [2.05, 4.69) is 5.32 Å². The third kappa shape index (κ3) is 3.48. The van der Waals surface area contributed by atoms with Crippen molar-refractivity contribution in [3.63, 3.8) is 0 Å². The third-order valence-electron chi connectivity index (χ3n) is 2.22. The Labute approximate surface area is 99.7 Å². The van der Waals surface area contributed by atoms with E-state index in [1.807, 2.05) is 6.92 Å². The summed E-state index contributed by atoms with van der Waals surface area (Å²) in [6.45, 7) is 3.47. The molecule has 0 radical (unpaired) electrons. The summed E-state index contributed by atoms with van der Waals surface area (Å²) < 4.78 is 1.46. The number of aromatic nitrogens is 1. The van der Waals surface area contributed by atoms with Crippen LogP contribution in [-0.2, 0) is 9.59 Å². The van der Waals surface area contributed by atoms with Crippen LogP contribution in [-0.4, -0.2) is 21.6 Å². The summed E-state index contributed by atoms with van der Waals surface area (Å²) in [5, 5.41) is 11.7. The predicted molar refractivity (Wildman–Crippen MR) is 64.0 cm³/mol. The summed E-state index contributed by atoms with van der Waals surface area (Å²) in [4.78, 5) is 22.6. The van der Waals surface area contributed by atoms with Crippen molar-refractivity contribution in [1.82, 2.24) is 9.88 Å². The van der Waals surface area contributed by atoms with Crippen LogP contribution < -0.4 is 5.32 Å². The van der Waals surface area contributed by atoms with E-state index in [0.29, 0.717) is 12.1 Å². The molecule has 0 saturated carbocycles. The number of rotatable bonds is 5. The molecule has 0 atom stereocenters. The van der Waals surface area contributed by atoms with Gasteiger partial charge in [0.25, 0.3) is 0 Å². The normalized spacial score (nSPS) is 11.9. The van der Waals surface area contributed by atoms with E-state index in [1.54, 1.807) is 31.5 Å². The molecule has 0 saturated heterocycles. The zero-order valence-electron chi connectivity index (χ0n) is 9.93. The first kappa shape index (κ1) is 13.0. The molecule has 92 valence electrons. The number of nitrogens with one attached hydrogen (secondary N) is 1. The molecular formula is C12H16N2O3. The van der Waals surface area contributed by atoms with Crippen LogP contribution in [0.25, 0.3) is 5.70 Å². The van der Waals surface area contributed by atoms with Gasteiger partial charge in [-0.3, -0.25) is 4.79 Å². The predicted octanol–water partition coefficient (Wildman–Crippen LogP) is 1.68. The highest BCUT2D eigenvalue weighted by molar-refractivity contribution is 6.10. The lowest BCUT2D eigenvalue weighted by Gasteiger charge is -2.10. The molecule has 0 aliphatic heterocycles. The van der Waals surface area contributed by atoms with Gasteiger partial charge in [0.15, 0.2) is 5.70 Å². The molecule has 0 bridgehead atoms. The van der Waals surface area contributed by atoms with Crippen LogP contribution in [0.1, 0.15) is 26.7 Å². The van der Waals surface area contributed by atoms with E-state index < -0.39 is 5.97 Å². The molecule has 0 spiro atoms. The molecule has 1 heterocycles. The minimum Gasteiger partial charge on any atom is -0.477 e. The highest BCUT2D eigenvalue weighted by Crippen LogP contribution is 2.10. The van der Waals surface area contributed by atoms with Crippen molar-refractivity contribution in [2.45, 2.75) is 26.7 Å². The Kier molecular flexibility index (Phi) is 4.51. The van der Waals surface area contributed by atoms with E-state index in [0.717, 1.165) is 6.42 Å². The summed E-state index contributed by atoms with van der Waals surface area (Å²) in [5.41, 5.74) is 0.395. The molecule has 0 aliphatic carbocycles. The Hall–Kier alpha value is -2.04. The number of hydrogen-bond donors (Lipinski definition) is 2. The van der Waals surface area contributed by atoms with Crippen LogP contribution in [0.5, 0.6) is 0 Å². The number of carboxylic acids is 1. The lowest BCUT2D eigenvalue weighted by Crippen LogP contribution is -2.24. The second-order valence-corrected chi connectivity index (χ2v) is 3.67. The Bertz CT molecular complexity index is 433. The maximum atomic E-state index is 11.4. The second kappa shape index (κ2) is 5.89. The van der Waals surface area contributed by atoms with Crippen molar-refractivity contribution >= 4 is 17.6 Å². The first-order valence-corrected chi connectivity index (χ1v) is 5.43. The Morgan fingerprint density at radius 3 is 2.35 bits per heavy atom. The molecule has 17 heavy (non-hydrogen) atoms. The minimum atomic E-state index is -1.07. The van der Waals surface area contributed by atoms with Gasteiger partial charge in [0, 0.05) is 24.5 Å². The average molecular weight is 236 g/mol. The lowest BCUT2D eigenvalue weighted by atomic mass is 10.3. The smallest absolute Gasteiger partial charge is 0.354 e. The fourth-order valence-electron chi connectivity index (χ4n) is 1.51. The van der Waals surface area contributed by atoms with Crippen molar-refractivity contribution in [3.8, 4) is 0 Å². The number of carboxylic acid groups (broad SMARTS) is 1. The van der Waals surface area contributed by atoms with Crippen molar-refractivity contribution in [1.29, 1.82) is 0 Å². The van der Waals surface area contributed by atoms with Crippen molar-refractivity contribution < 1.29 is 14.7 Å². The van der Waals surface area contributed by atoms with E-state index in [1.165, 1.54) is 4.57 Å². The summed E-state index contributed by atoms with van der Waals surface area (Å²) in [6, 6.07) is 3.45. The zero-order chi connectivity index (χ0) is 12.8. The standard InChI is InChI=1S/C12H16N2O3/c1-3-6-10(15)13-9(2)11(12(16)17)14-7-4-5-8-14/h4-5,7-8H,3,6H2,1-2H3,(H,13,15)(H,16,17). The Morgan fingerprint density at radius 1 is 1.29 bits per heavy atom. The van der Waals surface area contributed by atoms with Gasteiger partial charge in [-0.25, -0.2) is 4.79 Å². The Balaban J connectivity index is 2.96. The van der Waals surface area contributed by atoms with Gasteiger partial charge in [-0.2, -0.15) is 0 Å². The average Bonchev–Trinajstić information content (AvgIpc) is 2.70. The number of amides is 1. The third-order valence-corrected chi connectivity index (χ3v) is 2.22. The molecule has 0 fully saturated rings. The number of carbonyl (C=O) groups excluding carboxylic acids is 1. The summed E-state index contributed by atoms with van der Waals surface area (Å²) in [5.74, 6) is -1.24. The van der Waals surface area contributed by atoms with Crippen molar-refractivity contribution in [3.05, 3.63) is 30.2 Å². The van der Waals surface area contributed by atoms with Gasteiger partial charge in [0.1, 0.15) is 0 Å². The van der Waals surface area contributed by atoms with Gasteiger partial charge in [0.2, 0.25) is 5.91 Å². The molecule has 0 aliphatic rings. The first-order valence-electron chi connectivity index (χ1n) is 5.43. The first-order chi connectivity index (χ1) is 8.06. The van der Waals surface area contributed by atoms with E-state index >= 15 is 0 Å². The molecular weight excluding hydrogens is 220 g/mol. The number of carbonyl (C=O) groups is 2. The quantitative estimate of drug-likeness (QED) is 0.764. The molecule has 0 unspecified atom stereocenters. The van der Waals surface area contributed by atoms with Crippen LogP contribution in [0.3, 0.4) is 0 Å². The number of hydrogen-bond acceptors (Lipinski definition) is 2. The van der Waals surface area contributed by atoms with Crippen LogP contribution >= 0.6 is 0 Å². The monoisotopic (exact) mass is 236 g/mol. The molecule has 1 rings (SSSR count). The zero-order valence-corrected chi connectivity index (χ0v) is 9.93. The SMILES string of the molecule is CCCC(=O)NC(C)=C(C(=O)O)n1cccc1. The molecule has 1 aromatic heterocycles. The lowest BCUT2D eigenvalue weighted by molar-refractivity contribution is -0.130. The number of allylic oxidation sites excluding steroid dienone is 1. The van der Waals surface area contributed by atoms with Gasteiger partial charge >= 0.3 is 5.97 Å². The molecule has 5 heteroatoms. The Morgan fingerprint density at radius 2 is 1.88 bits per heavy atom. The molecule has 2 N–H and O–H groups in total. The van der Waals surface area contributed by atoms with Gasteiger partial charge in [0.05, 0.1) is 0 Å². The van der Waals surface area contributed by atoms with Crippen LogP contribution in [0.4, 0.5) is 0 Å². The number of nitrogens with zero attached hydrogens (tertiary/aromatic N) is 1. The van der Waals surface area contributed by atoms with Gasteiger partial charge in [-0.15, -0.1) is 0 Å². The largest absolute Gasteiger partial charge is 0.477 e. The fourth-order valence-corrected chi connectivity index (χ4v) is 1.51.